The van der Waals surface area contributed by atoms with E-state index in [2.05, 4.69) is 13.5 Å². The molecule has 15 N–H and O–H groups in total. The van der Waals surface area contributed by atoms with Crippen LogP contribution in [0.1, 0.15) is 84.5 Å². The molecule has 26 nitrogen and oxygen atoms in total. The van der Waals surface area contributed by atoms with Gasteiger partial charge in [-0.05, 0) is 86.5 Å². The molecule has 26 heteroatoms. The maximum atomic E-state index is 14.9. The molecule has 5 heterocycles. The van der Waals surface area contributed by atoms with E-state index in [1.54, 1.807) is 0 Å². The van der Waals surface area contributed by atoms with Crippen LogP contribution in [0.25, 0.3) is 0 Å². The summed E-state index contributed by atoms with van der Waals surface area (Å²) in [6.07, 6.45) is -31.0. The third kappa shape index (κ3) is 10.5. The van der Waals surface area contributed by atoms with Crippen molar-refractivity contribution in [1.29, 1.82) is 0 Å². The molecule has 4 saturated carbocycles. The summed E-state index contributed by atoms with van der Waals surface area (Å²) in [5.41, 5.74) is -2.43. The number of hydrogen-bond donors (Lipinski definition) is 15. The number of esters is 1. The highest BCUT2D eigenvalue weighted by molar-refractivity contribution is 5.77. The van der Waals surface area contributed by atoms with Gasteiger partial charge in [0.05, 0.1) is 56.3 Å². The van der Waals surface area contributed by atoms with Crippen molar-refractivity contribution in [1.82, 2.24) is 0 Å². The molecule has 24 unspecified atom stereocenters. The molecule has 4 aliphatic carbocycles. The Morgan fingerprint density at radius 1 is 0.553 bits per heavy atom. The van der Waals surface area contributed by atoms with Crippen molar-refractivity contribution in [3.63, 3.8) is 0 Å². The van der Waals surface area contributed by atoms with Gasteiger partial charge in [-0.1, -0.05) is 19.9 Å². The van der Waals surface area contributed by atoms with E-state index in [4.69, 9.17) is 47.4 Å². The van der Waals surface area contributed by atoms with Gasteiger partial charge in [-0.25, -0.2) is 0 Å². The van der Waals surface area contributed by atoms with E-state index in [1.165, 1.54) is 0 Å². The molecule has 0 aromatic carbocycles. The number of aliphatic hydroxyl groups excluding tert-OH is 15. The summed E-state index contributed by atoms with van der Waals surface area (Å²) in [5, 5.41) is 159. The van der Waals surface area contributed by atoms with Crippen molar-refractivity contribution in [2.24, 2.45) is 28.1 Å². The van der Waals surface area contributed by atoms with Crippen LogP contribution < -0.4 is 0 Å². The molecular weight excluding hydrogens is 1020 g/mol. The van der Waals surface area contributed by atoms with Crippen LogP contribution in [0, 0.1) is 28.1 Å². The molecule has 9 aliphatic rings. The molecule has 76 heavy (non-hydrogen) atoms. The number of fused-ring (bicyclic) bond motifs is 3. The SMILES string of the molecule is C=C1C[C@@]23CCC4[C@](C)(C(=O)OC5OC(CO)C(O)C(O)C5OC5OC(CO)C(O)CC5O)CCC[C@@]4(C)[C@@H]2CC[C@]1(OC1OC(COC2OC(CO)C(O)C(O)C2O)C(O)C(O)C1OC1OC(CO)C(O)CC1O)C3. The zero-order valence-electron chi connectivity index (χ0n) is 42.7. The number of carbonyl (C=O) groups is 1. The van der Waals surface area contributed by atoms with Crippen LogP contribution in [0.15, 0.2) is 12.2 Å². The number of ether oxygens (including phenoxy) is 10. The third-order valence-corrected chi connectivity index (χ3v) is 18.9. The van der Waals surface area contributed by atoms with Gasteiger partial charge in [0.25, 0.3) is 0 Å². The lowest BCUT2D eigenvalue weighted by Gasteiger charge is -2.64. The van der Waals surface area contributed by atoms with Gasteiger partial charge >= 0.3 is 5.97 Å². The monoisotopic (exact) mass is 1100 g/mol. The quantitative estimate of drug-likeness (QED) is 0.0414. The van der Waals surface area contributed by atoms with Crippen LogP contribution in [0.2, 0.25) is 0 Å². The van der Waals surface area contributed by atoms with Gasteiger partial charge < -0.3 is 124 Å². The van der Waals surface area contributed by atoms with Crippen molar-refractivity contribution in [2.75, 3.05) is 33.0 Å². The van der Waals surface area contributed by atoms with Crippen LogP contribution in [0.4, 0.5) is 0 Å². The number of hydrogen-bond acceptors (Lipinski definition) is 26. The normalized spacial score (nSPS) is 53.6. The van der Waals surface area contributed by atoms with Gasteiger partial charge in [0, 0.05) is 12.8 Å². The fourth-order valence-corrected chi connectivity index (χ4v) is 14.8. The second-order valence-corrected chi connectivity index (χ2v) is 23.5. The number of aliphatic hydroxyl groups is 15. The van der Waals surface area contributed by atoms with Gasteiger partial charge in [-0.3, -0.25) is 4.79 Å². The van der Waals surface area contributed by atoms with Crippen LogP contribution in [0.3, 0.4) is 0 Å². The molecule has 1 spiro atoms. The fourth-order valence-electron chi connectivity index (χ4n) is 14.8. The molecular formula is C50H80O26. The largest absolute Gasteiger partial charge is 0.432 e. The lowest BCUT2D eigenvalue weighted by molar-refractivity contribution is -0.376. The molecule has 9 fully saturated rings. The Hall–Kier alpha value is -1.75. The zero-order valence-corrected chi connectivity index (χ0v) is 42.7. The molecule has 5 saturated heterocycles. The second-order valence-electron chi connectivity index (χ2n) is 23.5. The van der Waals surface area contributed by atoms with Gasteiger partial charge in [0.2, 0.25) is 6.29 Å². The van der Waals surface area contributed by atoms with Gasteiger partial charge in [-0.15, -0.1) is 0 Å². The van der Waals surface area contributed by atoms with Gasteiger partial charge in [0.1, 0.15) is 91.6 Å². The topological polar surface area (TPSA) is 413 Å². The summed E-state index contributed by atoms with van der Waals surface area (Å²) in [5.74, 6) is -0.932. The van der Waals surface area contributed by atoms with E-state index in [1.807, 2.05) is 6.92 Å². The Kier molecular flexibility index (Phi) is 17.7. The van der Waals surface area contributed by atoms with E-state index in [-0.39, 0.29) is 24.7 Å². The third-order valence-electron chi connectivity index (χ3n) is 18.9. The Balaban J connectivity index is 0.935. The molecule has 0 radical (unpaired) electrons. The Morgan fingerprint density at radius 3 is 1.63 bits per heavy atom. The first-order valence-corrected chi connectivity index (χ1v) is 26.7. The van der Waals surface area contributed by atoms with Crippen LogP contribution in [-0.4, -0.2) is 263 Å². The fraction of sp³-hybridized carbons (Fsp3) is 0.940. The van der Waals surface area contributed by atoms with E-state index >= 15 is 0 Å². The Labute approximate surface area is 438 Å². The summed E-state index contributed by atoms with van der Waals surface area (Å²) in [4.78, 5) is 14.9. The highest BCUT2D eigenvalue weighted by atomic mass is 16.8. The molecule has 0 aromatic heterocycles. The first-order chi connectivity index (χ1) is 36.0. The summed E-state index contributed by atoms with van der Waals surface area (Å²) in [6, 6.07) is 0. The summed E-state index contributed by atoms with van der Waals surface area (Å²) >= 11 is 0. The second kappa shape index (κ2) is 22.9. The lowest BCUT2D eigenvalue weighted by atomic mass is 9.41. The van der Waals surface area contributed by atoms with Crippen molar-refractivity contribution in [3.8, 4) is 0 Å². The predicted octanol–water partition coefficient (Wildman–Crippen LogP) is -5.23. The van der Waals surface area contributed by atoms with E-state index in [0.29, 0.717) is 51.4 Å². The molecule has 2 bridgehead atoms. The van der Waals surface area contributed by atoms with Crippen LogP contribution in [0.5, 0.6) is 0 Å². The molecule has 29 atom stereocenters. The van der Waals surface area contributed by atoms with E-state index in [0.717, 1.165) is 12.0 Å². The molecule has 0 amide bonds. The minimum atomic E-state index is -1.83. The first kappa shape index (κ1) is 58.9. The summed E-state index contributed by atoms with van der Waals surface area (Å²) in [6.45, 7) is 5.23. The zero-order chi connectivity index (χ0) is 55.0. The average molecular weight is 1100 g/mol. The van der Waals surface area contributed by atoms with Gasteiger partial charge in [-0.2, -0.15) is 0 Å². The lowest BCUT2D eigenvalue weighted by Crippen LogP contribution is -2.65. The highest BCUT2D eigenvalue weighted by Gasteiger charge is 2.70. The molecule has 9 rings (SSSR count). The molecule has 436 valence electrons. The Bertz CT molecular complexity index is 2010. The van der Waals surface area contributed by atoms with Crippen molar-refractivity contribution in [2.45, 2.75) is 231 Å². The number of carbonyl (C=O) groups excluding carboxylic acids is 1. The van der Waals surface area contributed by atoms with Crippen molar-refractivity contribution >= 4 is 5.97 Å². The van der Waals surface area contributed by atoms with E-state index in [9.17, 15) is 81.4 Å². The maximum absolute atomic E-state index is 14.9. The van der Waals surface area contributed by atoms with Crippen molar-refractivity contribution in [3.05, 3.63) is 12.2 Å². The van der Waals surface area contributed by atoms with E-state index < -0.39 is 202 Å². The van der Waals surface area contributed by atoms with Crippen LogP contribution in [-0.2, 0) is 52.2 Å². The van der Waals surface area contributed by atoms with Gasteiger partial charge in [0.15, 0.2) is 31.3 Å². The van der Waals surface area contributed by atoms with Crippen LogP contribution >= 0.6 is 0 Å². The first-order valence-electron chi connectivity index (χ1n) is 26.7. The highest BCUT2D eigenvalue weighted by Crippen LogP contribution is 2.74. The Morgan fingerprint density at radius 2 is 1.05 bits per heavy atom. The predicted molar refractivity (Wildman–Crippen MR) is 249 cm³/mol. The number of rotatable bonds is 15. The summed E-state index contributed by atoms with van der Waals surface area (Å²) in [7, 11) is 0. The average Bonchev–Trinajstić information content (AvgIpc) is 3.69. The minimum absolute atomic E-state index is 0.00120. The molecule has 5 aliphatic heterocycles. The minimum Gasteiger partial charge on any atom is -0.432 e. The smallest absolute Gasteiger partial charge is 0.314 e. The maximum Gasteiger partial charge on any atom is 0.314 e. The standard InChI is InChI=1S/C50H80O26/c1-20-13-49-9-5-30-47(2,7-4-8-48(30,3)46(66)75-44-39(36(63)33(60)28(17-54)71-44)73-41-23(57)11-21(55)25(14-51)68-41)31(49)6-10-50(20,19-49)76-45-40(74-42-24(58)12-22(56)26(15-52)69-42)37(64)34(61)29(72-45)18-67-43-38(65)35(62)32(59)27(16-53)70-43/h21-45,51-65H,1,4-19H2,2-3H3/t21?,22?,23?,24?,25?,26?,27?,28?,29?,30?,31-,32?,33?,34?,35?,36?,37?,38?,39?,40?,41?,42?,43?,44?,45?,47+,48+,49+,50-/m0/s1. The molecule has 0 aromatic rings. The summed E-state index contributed by atoms with van der Waals surface area (Å²) < 4.78 is 60.1. The van der Waals surface area contributed by atoms with Crippen molar-refractivity contribution < 1.29 is 129 Å².